The van der Waals surface area contributed by atoms with Crippen LogP contribution in [0.4, 0.5) is 0 Å². The summed E-state index contributed by atoms with van der Waals surface area (Å²) in [6, 6.07) is 1.67. The maximum Gasteiger partial charge on any atom is 0.310 e. The van der Waals surface area contributed by atoms with Gasteiger partial charge in [-0.25, -0.2) is 8.42 Å². The van der Waals surface area contributed by atoms with Crippen LogP contribution in [-0.4, -0.2) is 36.9 Å². The van der Waals surface area contributed by atoms with Crippen molar-refractivity contribution in [1.82, 2.24) is 4.31 Å². The van der Waals surface area contributed by atoms with E-state index in [1.54, 1.807) is 18.4 Å². The van der Waals surface area contributed by atoms with E-state index in [4.69, 9.17) is 5.11 Å². The van der Waals surface area contributed by atoms with Crippen molar-refractivity contribution in [3.63, 3.8) is 0 Å². The first kappa shape index (κ1) is 14.0. The molecule has 1 aromatic heterocycles. The van der Waals surface area contributed by atoms with Gasteiger partial charge >= 0.3 is 5.97 Å². The molecule has 1 aromatic rings. The largest absolute Gasteiger partial charge is 0.481 e. The fraction of sp³-hybridized carbons (Fsp3) is 0.500. The van der Waals surface area contributed by atoms with Gasteiger partial charge in [-0.1, -0.05) is 0 Å². The number of carboxylic acids is 1. The fourth-order valence-corrected chi connectivity index (χ4v) is 5.89. The van der Waals surface area contributed by atoms with Gasteiger partial charge in [0.2, 0.25) is 0 Å². The molecule has 0 saturated carbocycles. The summed E-state index contributed by atoms with van der Waals surface area (Å²) in [5, 5.41) is 10.8. The lowest BCUT2D eigenvalue weighted by Crippen LogP contribution is -2.34. The zero-order valence-corrected chi connectivity index (χ0v) is 12.8. The second-order valence-electron chi connectivity index (χ2n) is 4.51. The minimum Gasteiger partial charge on any atom is -0.481 e. The molecule has 2 heterocycles. The van der Waals surface area contributed by atoms with Crippen molar-refractivity contribution < 1.29 is 18.3 Å². The second-order valence-corrected chi connectivity index (χ2v) is 8.41. The molecular formula is C10H12BrNO4S2. The van der Waals surface area contributed by atoms with Crippen molar-refractivity contribution in [2.75, 3.05) is 13.1 Å². The molecule has 1 atom stereocenters. The SMILES string of the molecule is CC1(C(=O)O)CCN(S(=O)(=O)c2sccc2Br)C1. The lowest BCUT2D eigenvalue weighted by molar-refractivity contribution is -0.146. The Morgan fingerprint density at radius 2 is 2.28 bits per heavy atom. The molecule has 1 aliphatic heterocycles. The Balaban J connectivity index is 2.30. The normalized spacial score (nSPS) is 25.4. The molecule has 0 aliphatic carbocycles. The van der Waals surface area contributed by atoms with Crippen molar-refractivity contribution in [2.24, 2.45) is 5.41 Å². The third-order valence-electron chi connectivity index (χ3n) is 3.11. The van der Waals surface area contributed by atoms with Gasteiger partial charge in [0.15, 0.2) is 0 Å². The second kappa shape index (κ2) is 4.59. The third-order valence-corrected chi connectivity index (χ3v) is 7.61. The van der Waals surface area contributed by atoms with Gasteiger partial charge in [0, 0.05) is 17.6 Å². The molecule has 100 valence electrons. The van der Waals surface area contributed by atoms with Gasteiger partial charge in [-0.2, -0.15) is 4.31 Å². The molecule has 8 heteroatoms. The molecule has 0 aromatic carbocycles. The highest BCUT2D eigenvalue weighted by Crippen LogP contribution is 2.37. The van der Waals surface area contributed by atoms with Crippen LogP contribution in [0.1, 0.15) is 13.3 Å². The Labute approximate surface area is 118 Å². The number of carbonyl (C=O) groups is 1. The van der Waals surface area contributed by atoms with Crippen LogP contribution in [0.3, 0.4) is 0 Å². The van der Waals surface area contributed by atoms with Crippen LogP contribution in [0, 0.1) is 5.41 Å². The maximum atomic E-state index is 12.3. The van der Waals surface area contributed by atoms with E-state index in [0.29, 0.717) is 10.9 Å². The lowest BCUT2D eigenvalue weighted by Gasteiger charge is -2.19. The van der Waals surface area contributed by atoms with E-state index in [-0.39, 0.29) is 17.3 Å². The number of thiophene rings is 1. The van der Waals surface area contributed by atoms with E-state index in [1.807, 2.05) is 0 Å². The molecule has 1 unspecified atom stereocenters. The van der Waals surface area contributed by atoms with Crippen LogP contribution in [-0.2, 0) is 14.8 Å². The number of aliphatic carboxylic acids is 1. The highest BCUT2D eigenvalue weighted by molar-refractivity contribution is 9.10. The number of hydrogen-bond acceptors (Lipinski definition) is 4. The first-order chi connectivity index (χ1) is 8.27. The van der Waals surface area contributed by atoms with Crippen molar-refractivity contribution in [2.45, 2.75) is 17.6 Å². The van der Waals surface area contributed by atoms with Crippen molar-refractivity contribution in [1.29, 1.82) is 0 Å². The van der Waals surface area contributed by atoms with Gasteiger partial charge in [-0.3, -0.25) is 4.79 Å². The number of nitrogens with zero attached hydrogens (tertiary/aromatic N) is 1. The molecule has 0 spiro atoms. The predicted molar refractivity (Wildman–Crippen MR) is 71.1 cm³/mol. The first-order valence-electron chi connectivity index (χ1n) is 5.24. The number of hydrogen-bond donors (Lipinski definition) is 1. The molecule has 5 nitrogen and oxygen atoms in total. The summed E-state index contributed by atoms with van der Waals surface area (Å²) >= 11 is 4.32. The average Bonchev–Trinajstić information content (AvgIpc) is 2.86. The molecule has 1 fully saturated rings. The van der Waals surface area contributed by atoms with E-state index in [1.165, 1.54) is 4.31 Å². The average molecular weight is 354 g/mol. The maximum absolute atomic E-state index is 12.3. The van der Waals surface area contributed by atoms with Crippen LogP contribution >= 0.6 is 27.3 Å². The summed E-state index contributed by atoms with van der Waals surface area (Å²) < 4.78 is 26.7. The number of carboxylic acid groups (broad SMARTS) is 1. The van der Waals surface area contributed by atoms with E-state index >= 15 is 0 Å². The Hall–Kier alpha value is -0.440. The summed E-state index contributed by atoms with van der Waals surface area (Å²) in [7, 11) is -3.59. The summed E-state index contributed by atoms with van der Waals surface area (Å²) in [4.78, 5) is 11.1. The van der Waals surface area contributed by atoms with Crippen LogP contribution in [0.5, 0.6) is 0 Å². The fourth-order valence-electron chi connectivity index (χ4n) is 1.88. The van der Waals surface area contributed by atoms with Gasteiger partial charge in [-0.15, -0.1) is 11.3 Å². The molecule has 1 aliphatic rings. The molecular weight excluding hydrogens is 342 g/mol. The molecule has 0 amide bonds. The molecule has 2 rings (SSSR count). The molecule has 0 bridgehead atoms. The monoisotopic (exact) mass is 353 g/mol. The summed E-state index contributed by atoms with van der Waals surface area (Å²) in [6.45, 7) is 1.85. The number of sulfonamides is 1. The number of rotatable bonds is 3. The minimum absolute atomic E-state index is 0.0228. The van der Waals surface area contributed by atoms with Crippen LogP contribution in [0.25, 0.3) is 0 Å². The lowest BCUT2D eigenvalue weighted by atomic mass is 9.90. The Morgan fingerprint density at radius 1 is 1.61 bits per heavy atom. The van der Waals surface area contributed by atoms with Crippen LogP contribution < -0.4 is 0 Å². The van der Waals surface area contributed by atoms with Crippen LogP contribution in [0.2, 0.25) is 0 Å². The molecule has 1 N–H and O–H groups in total. The Bertz CT molecular complexity index is 582. The smallest absolute Gasteiger partial charge is 0.310 e. The molecule has 1 saturated heterocycles. The van der Waals surface area contributed by atoms with E-state index in [9.17, 15) is 13.2 Å². The summed E-state index contributed by atoms with van der Waals surface area (Å²) in [5.74, 6) is -0.953. The minimum atomic E-state index is -3.59. The molecule has 0 radical (unpaired) electrons. The van der Waals surface area contributed by atoms with Crippen molar-refractivity contribution in [3.05, 3.63) is 15.9 Å². The van der Waals surface area contributed by atoms with Gasteiger partial charge in [0.1, 0.15) is 4.21 Å². The van der Waals surface area contributed by atoms with Crippen molar-refractivity contribution in [3.8, 4) is 0 Å². The summed E-state index contributed by atoms with van der Waals surface area (Å²) in [5.41, 5.74) is -0.989. The quantitative estimate of drug-likeness (QED) is 0.901. The summed E-state index contributed by atoms with van der Waals surface area (Å²) in [6.07, 6.45) is 0.338. The van der Waals surface area contributed by atoms with Gasteiger partial charge in [0.05, 0.1) is 5.41 Å². The van der Waals surface area contributed by atoms with E-state index in [0.717, 1.165) is 11.3 Å². The van der Waals surface area contributed by atoms with E-state index in [2.05, 4.69) is 15.9 Å². The number of halogens is 1. The Morgan fingerprint density at radius 3 is 2.72 bits per heavy atom. The standard InChI is InChI=1S/C10H12BrNO4S2/c1-10(9(13)14)3-4-12(6-10)18(15,16)8-7(11)2-5-17-8/h2,5H,3-4,6H2,1H3,(H,13,14). The van der Waals surface area contributed by atoms with Crippen LogP contribution in [0.15, 0.2) is 20.1 Å². The molecule has 18 heavy (non-hydrogen) atoms. The van der Waals surface area contributed by atoms with Gasteiger partial charge < -0.3 is 5.11 Å². The highest BCUT2D eigenvalue weighted by Gasteiger charge is 2.45. The third kappa shape index (κ3) is 2.22. The zero-order valence-electron chi connectivity index (χ0n) is 9.59. The van der Waals surface area contributed by atoms with Crippen molar-refractivity contribution >= 4 is 43.3 Å². The van der Waals surface area contributed by atoms with E-state index < -0.39 is 21.4 Å². The van der Waals surface area contributed by atoms with Gasteiger partial charge in [0.25, 0.3) is 10.0 Å². The topological polar surface area (TPSA) is 74.7 Å². The zero-order chi connectivity index (χ0) is 13.6. The highest BCUT2D eigenvalue weighted by atomic mass is 79.9. The van der Waals surface area contributed by atoms with Gasteiger partial charge in [-0.05, 0) is 40.7 Å². The Kier molecular flexibility index (Phi) is 3.56. The first-order valence-corrected chi connectivity index (χ1v) is 8.35. The predicted octanol–water partition coefficient (Wildman–Crippen LogP) is 2.00.